The zero-order valence-corrected chi connectivity index (χ0v) is 16.2. The van der Waals surface area contributed by atoms with Gasteiger partial charge < -0.3 is 10.6 Å². The van der Waals surface area contributed by atoms with Gasteiger partial charge in [-0.05, 0) is 11.6 Å². The number of nitrogens with zero attached hydrogens (tertiary/aromatic N) is 3. The van der Waals surface area contributed by atoms with E-state index in [2.05, 4.69) is 20.6 Å². The van der Waals surface area contributed by atoms with Gasteiger partial charge in [-0.3, -0.25) is 24.5 Å². The van der Waals surface area contributed by atoms with Crippen LogP contribution in [0.3, 0.4) is 0 Å². The molecule has 0 bridgehead atoms. The topological polar surface area (TPSA) is 87.2 Å². The van der Waals surface area contributed by atoms with E-state index in [1.165, 1.54) is 6.07 Å². The highest BCUT2D eigenvalue weighted by Crippen LogP contribution is 2.30. The predicted molar refractivity (Wildman–Crippen MR) is 102 cm³/mol. The number of carbonyl (C=O) groups is 2. The summed E-state index contributed by atoms with van der Waals surface area (Å²) in [5, 5.41) is 5.46. The van der Waals surface area contributed by atoms with Crippen molar-refractivity contribution in [2.45, 2.75) is 31.6 Å². The van der Waals surface area contributed by atoms with E-state index in [0.717, 1.165) is 17.8 Å². The molecule has 1 fully saturated rings. The second kappa shape index (κ2) is 9.66. The lowest BCUT2D eigenvalue weighted by Crippen LogP contribution is -2.56. The first-order valence-electron chi connectivity index (χ1n) is 9.52. The SMILES string of the molecule is O=C(C[C@H]1C(=O)NCCN1Cc1cccc(C(F)(F)F)c1)NCCc1cnccn1. The highest BCUT2D eigenvalue weighted by molar-refractivity contribution is 5.88. The van der Waals surface area contributed by atoms with E-state index in [1.54, 1.807) is 29.6 Å². The van der Waals surface area contributed by atoms with Crippen molar-refractivity contribution in [1.29, 1.82) is 0 Å². The number of hydrogen-bond donors (Lipinski definition) is 2. The molecule has 30 heavy (non-hydrogen) atoms. The van der Waals surface area contributed by atoms with Gasteiger partial charge in [0.25, 0.3) is 0 Å². The zero-order valence-electron chi connectivity index (χ0n) is 16.2. The Bertz CT molecular complexity index is 876. The lowest BCUT2D eigenvalue weighted by molar-refractivity contribution is -0.137. The van der Waals surface area contributed by atoms with Crippen LogP contribution in [0.1, 0.15) is 23.2 Å². The molecule has 0 unspecified atom stereocenters. The van der Waals surface area contributed by atoms with E-state index >= 15 is 0 Å². The summed E-state index contributed by atoms with van der Waals surface area (Å²) >= 11 is 0. The number of nitrogens with one attached hydrogen (secondary N) is 2. The van der Waals surface area contributed by atoms with E-state index < -0.39 is 17.8 Å². The minimum absolute atomic E-state index is 0.0781. The summed E-state index contributed by atoms with van der Waals surface area (Å²) in [5.41, 5.74) is 0.437. The molecule has 0 radical (unpaired) electrons. The number of amides is 2. The average molecular weight is 421 g/mol. The number of rotatable bonds is 7. The zero-order chi connectivity index (χ0) is 21.6. The summed E-state index contributed by atoms with van der Waals surface area (Å²) in [5.74, 6) is -0.618. The quantitative estimate of drug-likeness (QED) is 0.708. The third-order valence-corrected chi connectivity index (χ3v) is 4.78. The number of aromatic nitrogens is 2. The number of carbonyl (C=O) groups excluding carboxylic acids is 2. The molecule has 0 aliphatic carbocycles. The molecular formula is C20H22F3N5O2. The van der Waals surface area contributed by atoms with Crippen LogP contribution in [0.4, 0.5) is 13.2 Å². The molecule has 2 N–H and O–H groups in total. The highest BCUT2D eigenvalue weighted by Gasteiger charge is 2.33. The molecule has 1 saturated heterocycles. The van der Waals surface area contributed by atoms with Crippen molar-refractivity contribution in [3.05, 3.63) is 59.7 Å². The van der Waals surface area contributed by atoms with Gasteiger partial charge in [0.05, 0.1) is 23.7 Å². The Balaban J connectivity index is 1.59. The van der Waals surface area contributed by atoms with Gasteiger partial charge in [-0.25, -0.2) is 0 Å². The lowest BCUT2D eigenvalue weighted by atomic mass is 10.0. The lowest BCUT2D eigenvalue weighted by Gasteiger charge is -2.34. The van der Waals surface area contributed by atoms with Crippen LogP contribution in [0.5, 0.6) is 0 Å². The molecule has 1 aromatic carbocycles. The molecule has 1 aliphatic heterocycles. The molecule has 0 saturated carbocycles. The van der Waals surface area contributed by atoms with Gasteiger partial charge in [0.15, 0.2) is 0 Å². The summed E-state index contributed by atoms with van der Waals surface area (Å²) in [7, 11) is 0. The minimum Gasteiger partial charge on any atom is -0.356 e. The van der Waals surface area contributed by atoms with Crippen molar-refractivity contribution >= 4 is 11.8 Å². The number of alkyl halides is 3. The Morgan fingerprint density at radius 1 is 1.30 bits per heavy atom. The summed E-state index contributed by atoms with van der Waals surface area (Å²) in [6.45, 7) is 1.32. The van der Waals surface area contributed by atoms with Crippen LogP contribution in [0.25, 0.3) is 0 Å². The Labute approximate surface area is 171 Å². The second-order valence-corrected chi connectivity index (χ2v) is 6.98. The van der Waals surface area contributed by atoms with Gasteiger partial charge in [-0.15, -0.1) is 0 Å². The van der Waals surface area contributed by atoms with Gasteiger partial charge in [0.2, 0.25) is 11.8 Å². The van der Waals surface area contributed by atoms with Gasteiger partial charge in [-0.2, -0.15) is 13.2 Å². The van der Waals surface area contributed by atoms with E-state index in [1.807, 2.05) is 0 Å². The molecule has 160 valence electrons. The first-order valence-corrected chi connectivity index (χ1v) is 9.52. The van der Waals surface area contributed by atoms with Crippen LogP contribution in [0.15, 0.2) is 42.9 Å². The van der Waals surface area contributed by atoms with Gasteiger partial charge in [-0.1, -0.05) is 18.2 Å². The Hall–Kier alpha value is -3.01. The molecule has 10 heteroatoms. The molecule has 1 aromatic heterocycles. The minimum atomic E-state index is -4.43. The third-order valence-electron chi connectivity index (χ3n) is 4.78. The number of halogens is 3. The number of benzene rings is 1. The summed E-state index contributed by atoms with van der Waals surface area (Å²) in [6.07, 6.45) is 0.725. The van der Waals surface area contributed by atoms with Crippen LogP contribution >= 0.6 is 0 Å². The first kappa shape index (κ1) is 21.7. The fourth-order valence-electron chi connectivity index (χ4n) is 3.29. The Morgan fingerprint density at radius 3 is 2.87 bits per heavy atom. The monoisotopic (exact) mass is 421 g/mol. The molecule has 3 rings (SSSR count). The van der Waals surface area contributed by atoms with Crippen molar-refractivity contribution < 1.29 is 22.8 Å². The maximum atomic E-state index is 13.0. The predicted octanol–water partition coefficient (Wildman–Crippen LogP) is 1.54. The van der Waals surface area contributed by atoms with Crippen molar-refractivity contribution in [3.63, 3.8) is 0 Å². The molecule has 1 atom stereocenters. The van der Waals surface area contributed by atoms with Crippen LogP contribution in [-0.2, 0) is 28.7 Å². The van der Waals surface area contributed by atoms with E-state index in [0.29, 0.717) is 31.6 Å². The first-order chi connectivity index (χ1) is 14.3. The van der Waals surface area contributed by atoms with Gasteiger partial charge in [0.1, 0.15) is 0 Å². The molecular weight excluding hydrogens is 399 g/mol. The normalized spacial score (nSPS) is 17.4. The van der Waals surface area contributed by atoms with Crippen molar-refractivity contribution in [2.24, 2.45) is 0 Å². The summed E-state index contributed by atoms with van der Waals surface area (Å²) in [6, 6.07) is 4.26. The van der Waals surface area contributed by atoms with Crippen molar-refractivity contribution in [2.75, 3.05) is 19.6 Å². The van der Waals surface area contributed by atoms with Crippen LogP contribution in [0.2, 0.25) is 0 Å². The number of hydrogen-bond acceptors (Lipinski definition) is 5. The molecule has 0 spiro atoms. The van der Waals surface area contributed by atoms with E-state index in [9.17, 15) is 22.8 Å². The highest BCUT2D eigenvalue weighted by atomic mass is 19.4. The standard InChI is InChI=1S/C20H22F3N5O2/c21-20(22,23)15-3-1-2-14(10-15)13-28-9-8-27-19(30)17(28)11-18(29)26-5-4-16-12-24-6-7-25-16/h1-3,6-7,10,12,17H,4-5,8-9,11,13H2,(H,26,29)(H,27,30)/t17-/m0/s1. The van der Waals surface area contributed by atoms with Crippen LogP contribution < -0.4 is 10.6 Å². The molecule has 1 aliphatic rings. The molecule has 2 heterocycles. The molecule has 2 aromatic rings. The summed E-state index contributed by atoms with van der Waals surface area (Å²) in [4.78, 5) is 34.5. The maximum Gasteiger partial charge on any atom is 0.416 e. The third kappa shape index (κ3) is 5.99. The summed E-state index contributed by atoms with van der Waals surface area (Å²) < 4.78 is 38.9. The molecule has 7 nitrogen and oxygen atoms in total. The fourth-order valence-corrected chi connectivity index (χ4v) is 3.29. The van der Waals surface area contributed by atoms with Gasteiger partial charge in [0, 0.05) is 51.2 Å². The van der Waals surface area contributed by atoms with E-state index in [-0.39, 0.29) is 24.8 Å². The van der Waals surface area contributed by atoms with Gasteiger partial charge >= 0.3 is 6.18 Å². The largest absolute Gasteiger partial charge is 0.416 e. The Kier molecular flexibility index (Phi) is 6.99. The maximum absolute atomic E-state index is 13.0. The van der Waals surface area contributed by atoms with Crippen molar-refractivity contribution in [1.82, 2.24) is 25.5 Å². The smallest absolute Gasteiger partial charge is 0.356 e. The van der Waals surface area contributed by atoms with Crippen LogP contribution in [-0.4, -0.2) is 52.4 Å². The second-order valence-electron chi connectivity index (χ2n) is 6.98. The Morgan fingerprint density at radius 2 is 2.13 bits per heavy atom. The van der Waals surface area contributed by atoms with Crippen molar-refractivity contribution in [3.8, 4) is 0 Å². The molecule has 2 amide bonds. The van der Waals surface area contributed by atoms with E-state index in [4.69, 9.17) is 0 Å². The number of piperazine rings is 1. The van der Waals surface area contributed by atoms with Crippen LogP contribution in [0, 0.1) is 0 Å². The average Bonchev–Trinajstić information content (AvgIpc) is 2.71. The fraction of sp³-hybridized carbons (Fsp3) is 0.400.